The Bertz CT molecular complexity index is 299. The van der Waals surface area contributed by atoms with Gasteiger partial charge in [0.05, 0.1) is 11.6 Å². The Balaban J connectivity index is 2.25. The van der Waals surface area contributed by atoms with Gasteiger partial charge in [-0.25, -0.2) is 0 Å². The number of amides is 1. The van der Waals surface area contributed by atoms with Gasteiger partial charge in [-0.3, -0.25) is 9.69 Å². The molecule has 1 unspecified atom stereocenters. The molecule has 1 atom stereocenters. The van der Waals surface area contributed by atoms with Crippen molar-refractivity contribution in [3.05, 3.63) is 0 Å². The molecule has 5 nitrogen and oxygen atoms in total. The van der Waals surface area contributed by atoms with Crippen LogP contribution < -0.4 is 5.73 Å². The van der Waals surface area contributed by atoms with Gasteiger partial charge in [-0.05, 0) is 19.4 Å². The molecule has 1 aliphatic rings. The summed E-state index contributed by atoms with van der Waals surface area (Å²) in [6, 6.07) is 0.236. The van der Waals surface area contributed by atoms with Crippen LogP contribution in [0.2, 0.25) is 0 Å². The fraction of sp³-hybridized carbons (Fsp3) is 0.833. The third-order valence-corrected chi connectivity index (χ3v) is 3.65. The van der Waals surface area contributed by atoms with Crippen molar-refractivity contribution in [2.24, 2.45) is 5.73 Å². The SMILES string of the molecule is CN(CCC(N)=S)C(=O)CCN1CCCC1CO. The van der Waals surface area contributed by atoms with E-state index in [4.69, 9.17) is 18.0 Å². The number of carbonyl (C=O) groups is 1. The highest BCUT2D eigenvalue weighted by Crippen LogP contribution is 2.16. The molecule has 0 aromatic carbocycles. The maximum atomic E-state index is 11.9. The normalized spacial score (nSPS) is 20.0. The fourth-order valence-electron chi connectivity index (χ4n) is 2.23. The van der Waals surface area contributed by atoms with Crippen molar-refractivity contribution in [1.82, 2.24) is 9.80 Å². The summed E-state index contributed by atoms with van der Waals surface area (Å²) in [5.74, 6) is 0.106. The Hall–Kier alpha value is -0.720. The molecule has 1 rings (SSSR count). The van der Waals surface area contributed by atoms with Crippen LogP contribution in [-0.2, 0) is 4.79 Å². The third-order valence-electron chi connectivity index (χ3n) is 3.44. The predicted molar refractivity (Wildman–Crippen MR) is 75.3 cm³/mol. The zero-order valence-electron chi connectivity index (χ0n) is 11.0. The molecule has 0 aromatic rings. The van der Waals surface area contributed by atoms with Crippen molar-refractivity contribution in [2.45, 2.75) is 31.7 Å². The summed E-state index contributed by atoms with van der Waals surface area (Å²) < 4.78 is 0. The monoisotopic (exact) mass is 273 g/mol. The first-order valence-corrected chi connectivity index (χ1v) is 6.82. The lowest BCUT2D eigenvalue weighted by molar-refractivity contribution is -0.130. The number of hydrogen-bond acceptors (Lipinski definition) is 4. The van der Waals surface area contributed by atoms with Crippen molar-refractivity contribution in [3.8, 4) is 0 Å². The summed E-state index contributed by atoms with van der Waals surface area (Å²) in [7, 11) is 1.77. The number of likely N-dealkylation sites (tertiary alicyclic amines) is 1. The molecule has 1 amide bonds. The summed E-state index contributed by atoms with van der Waals surface area (Å²) in [5.41, 5.74) is 5.41. The Morgan fingerprint density at radius 1 is 1.56 bits per heavy atom. The largest absolute Gasteiger partial charge is 0.395 e. The second-order valence-electron chi connectivity index (χ2n) is 4.80. The van der Waals surface area contributed by atoms with Crippen LogP contribution in [-0.4, -0.2) is 65.1 Å². The van der Waals surface area contributed by atoms with Crippen LogP contribution in [0.15, 0.2) is 0 Å². The van der Waals surface area contributed by atoms with E-state index in [1.807, 2.05) is 0 Å². The highest BCUT2D eigenvalue weighted by Gasteiger charge is 2.24. The van der Waals surface area contributed by atoms with E-state index < -0.39 is 0 Å². The van der Waals surface area contributed by atoms with Crippen LogP contribution >= 0.6 is 12.2 Å². The topological polar surface area (TPSA) is 69.8 Å². The molecular weight excluding hydrogens is 250 g/mol. The lowest BCUT2D eigenvalue weighted by Gasteiger charge is -2.24. The fourth-order valence-corrected chi connectivity index (χ4v) is 2.32. The average molecular weight is 273 g/mol. The highest BCUT2D eigenvalue weighted by atomic mass is 32.1. The number of aliphatic hydroxyl groups is 1. The Morgan fingerprint density at radius 2 is 2.28 bits per heavy atom. The van der Waals surface area contributed by atoms with Gasteiger partial charge in [0.2, 0.25) is 5.91 Å². The van der Waals surface area contributed by atoms with Gasteiger partial charge in [0.1, 0.15) is 0 Å². The van der Waals surface area contributed by atoms with Gasteiger partial charge in [0.15, 0.2) is 0 Å². The highest BCUT2D eigenvalue weighted by molar-refractivity contribution is 7.80. The molecule has 0 radical (unpaired) electrons. The van der Waals surface area contributed by atoms with E-state index in [9.17, 15) is 9.90 Å². The zero-order valence-corrected chi connectivity index (χ0v) is 11.8. The Kier molecular flexibility index (Phi) is 6.52. The average Bonchev–Trinajstić information content (AvgIpc) is 2.80. The smallest absolute Gasteiger partial charge is 0.223 e. The van der Waals surface area contributed by atoms with Crippen molar-refractivity contribution in [1.29, 1.82) is 0 Å². The second kappa shape index (κ2) is 7.66. The van der Waals surface area contributed by atoms with Gasteiger partial charge in [-0.1, -0.05) is 12.2 Å². The molecule has 0 aromatic heterocycles. The lowest BCUT2D eigenvalue weighted by atomic mass is 10.2. The van der Waals surface area contributed by atoms with Crippen LogP contribution in [0.4, 0.5) is 0 Å². The van der Waals surface area contributed by atoms with E-state index in [-0.39, 0.29) is 18.6 Å². The molecule has 0 spiro atoms. The number of nitrogens with two attached hydrogens (primary N) is 1. The van der Waals surface area contributed by atoms with E-state index in [0.717, 1.165) is 25.9 Å². The van der Waals surface area contributed by atoms with Crippen molar-refractivity contribution in [2.75, 3.05) is 33.3 Å². The molecule has 1 fully saturated rings. The summed E-state index contributed by atoms with van der Waals surface area (Å²) in [6.07, 6.45) is 3.20. The second-order valence-corrected chi connectivity index (χ2v) is 5.32. The molecule has 3 N–H and O–H groups in total. The molecule has 0 aliphatic carbocycles. The molecular formula is C12H23N3O2S. The van der Waals surface area contributed by atoms with Crippen LogP contribution in [0, 0.1) is 0 Å². The number of nitrogens with zero attached hydrogens (tertiary/aromatic N) is 2. The van der Waals surface area contributed by atoms with Crippen molar-refractivity contribution in [3.63, 3.8) is 0 Å². The molecule has 0 saturated carbocycles. The molecule has 1 heterocycles. The van der Waals surface area contributed by atoms with E-state index in [2.05, 4.69) is 4.90 Å². The zero-order chi connectivity index (χ0) is 13.5. The van der Waals surface area contributed by atoms with Crippen LogP contribution in [0.1, 0.15) is 25.7 Å². The molecule has 18 heavy (non-hydrogen) atoms. The number of aliphatic hydroxyl groups excluding tert-OH is 1. The first kappa shape index (κ1) is 15.3. The van der Waals surface area contributed by atoms with Gasteiger partial charge < -0.3 is 15.7 Å². The maximum Gasteiger partial charge on any atom is 0.223 e. The van der Waals surface area contributed by atoms with Crippen LogP contribution in [0.3, 0.4) is 0 Å². The van der Waals surface area contributed by atoms with Gasteiger partial charge in [0, 0.05) is 39.0 Å². The molecule has 1 saturated heterocycles. The van der Waals surface area contributed by atoms with Crippen molar-refractivity contribution >= 4 is 23.1 Å². The number of rotatable bonds is 7. The Labute approximate surface area is 114 Å². The van der Waals surface area contributed by atoms with E-state index in [0.29, 0.717) is 24.4 Å². The van der Waals surface area contributed by atoms with E-state index >= 15 is 0 Å². The summed E-state index contributed by atoms with van der Waals surface area (Å²) in [6.45, 7) is 2.47. The number of thiocarbonyl (C=S) groups is 1. The van der Waals surface area contributed by atoms with Gasteiger partial charge >= 0.3 is 0 Å². The first-order chi connectivity index (χ1) is 8.54. The minimum atomic E-state index is 0.106. The van der Waals surface area contributed by atoms with Crippen LogP contribution in [0.5, 0.6) is 0 Å². The molecule has 6 heteroatoms. The summed E-state index contributed by atoms with van der Waals surface area (Å²) in [5, 5.41) is 9.19. The minimum absolute atomic E-state index is 0.106. The number of hydrogen-bond donors (Lipinski definition) is 2. The van der Waals surface area contributed by atoms with E-state index in [1.54, 1.807) is 11.9 Å². The van der Waals surface area contributed by atoms with E-state index in [1.165, 1.54) is 0 Å². The summed E-state index contributed by atoms with van der Waals surface area (Å²) >= 11 is 4.79. The maximum absolute atomic E-state index is 11.9. The summed E-state index contributed by atoms with van der Waals surface area (Å²) in [4.78, 5) is 16.2. The third kappa shape index (κ3) is 4.88. The minimum Gasteiger partial charge on any atom is -0.395 e. The Morgan fingerprint density at radius 3 is 2.89 bits per heavy atom. The number of carbonyl (C=O) groups excluding carboxylic acids is 1. The van der Waals surface area contributed by atoms with Gasteiger partial charge in [-0.2, -0.15) is 0 Å². The standard InChI is InChI=1S/C12H23N3O2S/c1-14(7-4-11(13)18)12(17)5-8-15-6-2-3-10(15)9-16/h10,16H,2-9H2,1H3,(H2,13,18). The molecule has 104 valence electrons. The first-order valence-electron chi connectivity index (χ1n) is 6.41. The quantitative estimate of drug-likeness (QED) is 0.637. The molecule has 1 aliphatic heterocycles. The molecule has 0 bridgehead atoms. The van der Waals surface area contributed by atoms with Gasteiger partial charge in [-0.15, -0.1) is 0 Å². The van der Waals surface area contributed by atoms with Crippen molar-refractivity contribution < 1.29 is 9.90 Å². The lowest BCUT2D eigenvalue weighted by Crippen LogP contribution is -2.37. The van der Waals surface area contributed by atoms with Gasteiger partial charge in [0.25, 0.3) is 0 Å². The van der Waals surface area contributed by atoms with Crippen LogP contribution in [0.25, 0.3) is 0 Å². The predicted octanol–water partition coefficient (Wildman–Crippen LogP) is -0.0322.